The molecule has 42 heavy (non-hydrogen) atoms. The fraction of sp³-hybridized carbons (Fsp3) is 0.429. The Kier molecular flexibility index (Phi) is 8.13. The van der Waals surface area contributed by atoms with Crippen molar-refractivity contribution in [3.63, 3.8) is 0 Å². The number of hydrogen-bond donors (Lipinski definition) is 1. The monoisotopic (exact) mass is 584 g/mol. The smallest absolute Gasteiger partial charge is 0.119 e. The number of nitrogens with one attached hydrogen (secondary N) is 1. The second-order valence-electron chi connectivity index (χ2n) is 12.1. The number of aromatic nitrogens is 1. The lowest BCUT2D eigenvalue weighted by atomic mass is 9.91. The molecule has 1 N–H and O–H groups in total. The summed E-state index contributed by atoms with van der Waals surface area (Å²) in [5.41, 5.74) is 7.57. The highest BCUT2D eigenvalue weighted by Crippen LogP contribution is 2.41. The van der Waals surface area contributed by atoms with Gasteiger partial charge in [0.2, 0.25) is 0 Å². The topological polar surface area (TPSA) is 44.0 Å². The van der Waals surface area contributed by atoms with E-state index in [-0.39, 0.29) is 12.1 Å². The normalized spacial score (nSPS) is 20.6. The van der Waals surface area contributed by atoms with Gasteiger partial charge in [0.15, 0.2) is 0 Å². The molecule has 4 aromatic rings. The molecular weight excluding hydrogens is 544 g/mol. The molecule has 7 heteroatoms. The standard InChI is InChI=1S/C35H41ClN4O2/c1-25-2-7-28(8-3-25)40-17-14-31-32-24-27(36)6-11-33(32)37-34(31)35(40)26-4-9-29(10-5-26)42-30-12-15-38(16-13-30)18-19-39-20-22-41-23-21-39/h2-11,24,30,35,37H,12-23H2,1H3. The van der Waals surface area contributed by atoms with E-state index in [0.717, 1.165) is 94.6 Å². The van der Waals surface area contributed by atoms with Crippen LogP contribution >= 0.6 is 11.6 Å². The lowest BCUT2D eigenvalue weighted by molar-refractivity contribution is 0.0289. The van der Waals surface area contributed by atoms with E-state index < -0.39 is 0 Å². The van der Waals surface area contributed by atoms with Crippen LogP contribution in [-0.2, 0) is 11.2 Å². The van der Waals surface area contributed by atoms with Crippen molar-refractivity contribution in [3.05, 3.63) is 94.1 Å². The number of ether oxygens (including phenoxy) is 2. The highest BCUT2D eigenvalue weighted by molar-refractivity contribution is 6.31. The Morgan fingerprint density at radius 2 is 1.57 bits per heavy atom. The second kappa shape index (κ2) is 12.3. The predicted octanol–water partition coefficient (Wildman–Crippen LogP) is 6.46. The molecule has 0 radical (unpaired) electrons. The molecule has 7 rings (SSSR count). The van der Waals surface area contributed by atoms with E-state index in [0.29, 0.717) is 0 Å². The number of nitrogens with zero attached hydrogens (tertiary/aromatic N) is 3. The van der Waals surface area contributed by atoms with E-state index in [1.54, 1.807) is 0 Å². The average molecular weight is 585 g/mol. The van der Waals surface area contributed by atoms with Crippen molar-refractivity contribution in [1.82, 2.24) is 14.8 Å². The summed E-state index contributed by atoms with van der Waals surface area (Å²) in [6, 6.07) is 24.0. The molecule has 3 aliphatic rings. The van der Waals surface area contributed by atoms with E-state index in [9.17, 15) is 0 Å². The molecule has 2 fully saturated rings. The van der Waals surface area contributed by atoms with Crippen molar-refractivity contribution >= 4 is 28.2 Å². The number of H-pyrrole nitrogens is 1. The molecule has 0 aliphatic carbocycles. The molecule has 1 atom stereocenters. The summed E-state index contributed by atoms with van der Waals surface area (Å²) in [6.07, 6.45) is 3.41. The van der Waals surface area contributed by atoms with Crippen LogP contribution in [0, 0.1) is 6.92 Å². The van der Waals surface area contributed by atoms with E-state index >= 15 is 0 Å². The van der Waals surface area contributed by atoms with Crippen molar-refractivity contribution < 1.29 is 9.47 Å². The number of benzene rings is 3. The van der Waals surface area contributed by atoms with Crippen LogP contribution in [0.15, 0.2) is 66.7 Å². The molecule has 1 aromatic heterocycles. The van der Waals surface area contributed by atoms with Gasteiger partial charge in [0.05, 0.1) is 19.3 Å². The molecule has 0 saturated carbocycles. The highest BCUT2D eigenvalue weighted by atomic mass is 35.5. The zero-order valence-corrected chi connectivity index (χ0v) is 25.3. The zero-order chi connectivity index (χ0) is 28.5. The van der Waals surface area contributed by atoms with Crippen LogP contribution in [0.3, 0.4) is 0 Å². The SMILES string of the molecule is Cc1ccc(N2CCc3c([nH]c4ccc(Cl)cc34)C2c2ccc(OC3CCN(CCN4CCOCC4)CC3)cc2)cc1. The third-order valence-electron chi connectivity index (χ3n) is 9.32. The average Bonchev–Trinajstić information content (AvgIpc) is 3.39. The first kappa shape index (κ1) is 27.8. The summed E-state index contributed by atoms with van der Waals surface area (Å²) < 4.78 is 12.0. The lowest BCUT2D eigenvalue weighted by Gasteiger charge is -2.38. The van der Waals surface area contributed by atoms with Crippen molar-refractivity contribution in [2.24, 2.45) is 0 Å². The van der Waals surface area contributed by atoms with E-state index in [2.05, 4.69) is 87.3 Å². The Morgan fingerprint density at radius 3 is 2.31 bits per heavy atom. The number of halogens is 1. The van der Waals surface area contributed by atoms with E-state index in [4.69, 9.17) is 21.1 Å². The van der Waals surface area contributed by atoms with Crippen LogP contribution < -0.4 is 9.64 Å². The van der Waals surface area contributed by atoms with E-state index in [1.807, 2.05) is 6.07 Å². The number of hydrogen-bond acceptors (Lipinski definition) is 5. The van der Waals surface area contributed by atoms with Crippen LogP contribution in [0.4, 0.5) is 5.69 Å². The third-order valence-corrected chi connectivity index (χ3v) is 9.56. The number of rotatable bonds is 7. The van der Waals surface area contributed by atoms with Crippen LogP contribution in [0.1, 0.15) is 41.3 Å². The van der Waals surface area contributed by atoms with Gasteiger partial charge in [0.25, 0.3) is 0 Å². The Labute approximate surface area is 254 Å². The van der Waals surface area contributed by atoms with Gasteiger partial charge < -0.3 is 24.3 Å². The quantitative estimate of drug-likeness (QED) is 0.270. The fourth-order valence-corrected chi connectivity index (χ4v) is 7.07. The van der Waals surface area contributed by atoms with Crippen molar-refractivity contribution in [2.45, 2.75) is 38.3 Å². The maximum Gasteiger partial charge on any atom is 0.119 e. The number of fused-ring (bicyclic) bond motifs is 3. The van der Waals surface area contributed by atoms with Crippen molar-refractivity contribution in [1.29, 1.82) is 0 Å². The van der Waals surface area contributed by atoms with Gasteiger partial charge in [-0.3, -0.25) is 4.90 Å². The number of anilines is 1. The van der Waals surface area contributed by atoms with Crippen molar-refractivity contribution in [3.8, 4) is 5.75 Å². The number of aryl methyl sites for hydroxylation is 1. The van der Waals surface area contributed by atoms with Gasteiger partial charge in [0.1, 0.15) is 11.9 Å². The van der Waals surface area contributed by atoms with Crippen LogP contribution in [0.2, 0.25) is 5.02 Å². The molecule has 3 aliphatic heterocycles. The van der Waals surface area contributed by atoms with Gasteiger partial charge in [-0.05, 0) is 79.8 Å². The molecule has 0 spiro atoms. The molecule has 3 aromatic carbocycles. The van der Waals surface area contributed by atoms with Crippen LogP contribution in [0.5, 0.6) is 5.75 Å². The molecule has 6 nitrogen and oxygen atoms in total. The maximum atomic E-state index is 6.51. The summed E-state index contributed by atoms with van der Waals surface area (Å²) in [5.74, 6) is 0.965. The van der Waals surface area contributed by atoms with Gasteiger partial charge in [-0.15, -0.1) is 0 Å². The minimum atomic E-state index is 0.0892. The zero-order valence-electron chi connectivity index (χ0n) is 24.5. The minimum absolute atomic E-state index is 0.0892. The Morgan fingerprint density at radius 1 is 0.857 bits per heavy atom. The van der Waals surface area contributed by atoms with Crippen molar-refractivity contribution in [2.75, 3.05) is 63.9 Å². The molecule has 1 unspecified atom stereocenters. The van der Waals surface area contributed by atoms with E-state index in [1.165, 1.54) is 33.5 Å². The number of aromatic amines is 1. The summed E-state index contributed by atoms with van der Waals surface area (Å²) in [6.45, 7) is 11.5. The van der Waals surface area contributed by atoms with Crippen LogP contribution in [-0.4, -0.2) is 79.9 Å². The van der Waals surface area contributed by atoms with Gasteiger partial charge in [-0.2, -0.15) is 0 Å². The minimum Gasteiger partial charge on any atom is -0.490 e. The van der Waals surface area contributed by atoms with Crippen LogP contribution in [0.25, 0.3) is 10.9 Å². The highest BCUT2D eigenvalue weighted by Gasteiger charge is 2.32. The molecule has 0 bridgehead atoms. The van der Waals surface area contributed by atoms with Gasteiger partial charge in [0, 0.05) is 73.1 Å². The molecule has 0 amide bonds. The number of morpholine rings is 1. The Bertz CT molecular complexity index is 1490. The summed E-state index contributed by atoms with van der Waals surface area (Å²) in [4.78, 5) is 11.4. The maximum absolute atomic E-state index is 6.51. The molecule has 4 heterocycles. The molecular formula is C35H41ClN4O2. The Balaban J connectivity index is 1.06. The largest absolute Gasteiger partial charge is 0.490 e. The Hall–Kier alpha value is -3.03. The number of piperidine rings is 1. The molecule has 2 saturated heterocycles. The summed E-state index contributed by atoms with van der Waals surface area (Å²) >= 11 is 6.42. The lowest BCUT2D eigenvalue weighted by Crippen LogP contribution is -2.44. The van der Waals surface area contributed by atoms with Gasteiger partial charge in [-0.25, -0.2) is 0 Å². The first-order valence-corrected chi connectivity index (χ1v) is 15.9. The summed E-state index contributed by atoms with van der Waals surface area (Å²) in [5, 5.41) is 2.02. The van der Waals surface area contributed by atoms with Gasteiger partial charge >= 0.3 is 0 Å². The van der Waals surface area contributed by atoms with Gasteiger partial charge in [-0.1, -0.05) is 41.4 Å². The second-order valence-corrected chi connectivity index (χ2v) is 12.5. The molecule has 220 valence electrons. The first-order valence-electron chi connectivity index (χ1n) is 15.5. The summed E-state index contributed by atoms with van der Waals surface area (Å²) in [7, 11) is 0. The fourth-order valence-electron chi connectivity index (χ4n) is 6.90. The first-order chi connectivity index (χ1) is 20.6. The number of likely N-dealkylation sites (tertiary alicyclic amines) is 1. The predicted molar refractivity (Wildman–Crippen MR) is 171 cm³/mol. The third kappa shape index (κ3) is 5.91.